The Morgan fingerprint density at radius 3 is 2.38 bits per heavy atom. The van der Waals surface area contributed by atoms with Gasteiger partial charge in [-0.05, 0) is 26.0 Å². The summed E-state index contributed by atoms with van der Waals surface area (Å²) in [5, 5.41) is 1.16. The summed E-state index contributed by atoms with van der Waals surface area (Å²) in [6, 6.07) is 5.22. The summed E-state index contributed by atoms with van der Waals surface area (Å²) in [6.45, 7) is 3.67. The number of nitrogens with two attached hydrogens (primary N) is 1. The van der Waals surface area contributed by atoms with E-state index in [0.717, 1.165) is 5.56 Å². The Labute approximate surface area is 87.5 Å². The van der Waals surface area contributed by atoms with Crippen molar-refractivity contribution in [3.05, 3.63) is 33.8 Å². The van der Waals surface area contributed by atoms with Crippen LogP contribution in [0.1, 0.15) is 19.4 Å². The molecule has 72 valence electrons. The molecule has 0 aliphatic rings. The van der Waals surface area contributed by atoms with Crippen LogP contribution in [0.25, 0.3) is 0 Å². The number of hydrogen-bond donors (Lipinski definition) is 1. The third kappa shape index (κ3) is 2.35. The minimum Gasteiger partial charge on any atom is -0.294 e. The molecule has 0 atom stereocenters. The fraction of sp³-hybridized carbons (Fsp3) is 0.333. The van der Waals surface area contributed by atoms with Crippen molar-refractivity contribution in [2.24, 2.45) is 5.90 Å². The van der Waals surface area contributed by atoms with Crippen molar-refractivity contribution < 1.29 is 4.84 Å². The van der Waals surface area contributed by atoms with Crippen LogP contribution in [0.2, 0.25) is 10.0 Å². The lowest BCUT2D eigenvalue weighted by molar-refractivity contribution is -0.0235. The number of hydrogen-bond acceptors (Lipinski definition) is 2. The highest BCUT2D eigenvalue weighted by atomic mass is 35.5. The Hall–Kier alpha value is -0.280. The second-order valence-corrected chi connectivity index (χ2v) is 4.10. The van der Waals surface area contributed by atoms with Gasteiger partial charge in [-0.15, -0.1) is 0 Å². The van der Waals surface area contributed by atoms with E-state index in [9.17, 15) is 0 Å². The van der Waals surface area contributed by atoms with Crippen molar-refractivity contribution in [1.29, 1.82) is 0 Å². The third-order valence-corrected chi connectivity index (χ3v) is 2.42. The molecule has 1 rings (SSSR count). The van der Waals surface area contributed by atoms with Gasteiger partial charge in [-0.2, -0.15) is 0 Å². The standard InChI is InChI=1S/C9H11Cl2NO/c1-9(2,13-12)7-4-3-6(10)5-8(7)11/h3-5H,12H2,1-2H3. The molecule has 1 aromatic rings. The molecule has 2 N–H and O–H groups in total. The van der Waals surface area contributed by atoms with E-state index in [1.165, 1.54) is 0 Å². The lowest BCUT2D eigenvalue weighted by Gasteiger charge is -2.23. The van der Waals surface area contributed by atoms with Crippen molar-refractivity contribution in [2.45, 2.75) is 19.4 Å². The molecule has 0 fully saturated rings. The number of rotatable bonds is 2. The first-order valence-electron chi connectivity index (χ1n) is 3.81. The molecule has 2 nitrogen and oxygen atoms in total. The van der Waals surface area contributed by atoms with Gasteiger partial charge in [-0.1, -0.05) is 29.3 Å². The maximum atomic E-state index is 5.97. The van der Waals surface area contributed by atoms with Crippen LogP contribution in [-0.2, 0) is 10.4 Å². The SMILES string of the molecule is CC(C)(ON)c1ccc(Cl)cc1Cl. The van der Waals surface area contributed by atoms with Crippen LogP contribution < -0.4 is 5.90 Å². The van der Waals surface area contributed by atoms with E-state index in [1.54, 1.807) is 18.2 Å². The van der Waals surface area contributed by atoms with Crippen LogP contribution in [0.4, 0.5) is 0 Å². The Morgan fingerprint density at radius 2 is 1.92 bits per heavy atom. The van der Waals surface area contributed by atoms with Crippen LogP contribution >= 0.6 is 23.2 Å². The molecule has 0 saturated carbocycles. The lowest BCUT2D eigenvalue weighted by Crippen LogP contribution is -2.25. The molecule has 0 unspecified atom stereocenters. The first-order chi connectivity index (χ1) is 5.97. The van der Waals surface area contributed by atoms with Crippen molar-refractivity contribution in [3.8, 4) is 0 Å². The summed E-state index contributed by atoms with van der Waals surface area (Å²) in [6.07, 6.45) is 0. The van der Waals surface area contributed by atoms with E-state index in [-0.39, 0.29) is 0 Å². The number of halogens is 2. The molecule has 1 aromatic carbocycles. The molecule has 0 aromatic heterocycles. The Balaban J connectivity index is 3.16. The van der Waals surface area contributed by atoms with Gasteiger partial charge in [-0.3, -0.25) is 4.84 Å². The highest BCUT2D eigenvalue weighted by Crippen LogP contribution is 2.31. The molecular formula is C9H11Cl2NO. The van der Waals surface area contributed by atoms with E-state index in [0.29, 0.717) is 10.0 Å². The van der Waals surface area contributed by atoms with Gasteiger partial charge >= 0.3 is 0 Å². The monoisotopic (exact) mass is 219 g/mol. The molecule has 0 heterocycles. The second-order valence-electron chi connectivity index (χ2n) is 3.25. The molecule has 4 heteroatoms. The topological polar surface area (TPSA) is 35.2 Å². The zero-order chi connectivity index (χ0) is 10.1. The molecule has 0 saturated heterocycles. The van der Waals surface area contributed by atoms with Gasteiger partial charge in [0.15, 0.2) is 0 Å². The second kappa shape index (κ2) is 3.84. The highest BCUT2D eigenvalue weighted by Gasteiger charge is 2.23. The minimum absolute atomic E-state index is 0.558. The molecule has 0 bridgehead atoms. The van der Waals surface area contributed by atoms with E-state index in [2.05, 4.69) is 0 Å². The third-order valence-electron chi connectivity index (χ3n) is 1.87. The first kappa shape index (κ1) is 10.8. The van der Waals surface area contributed by atoms with Crippen molar-refractivity contribution in [1.82, 2.24) is 0 Å². The fourth-order valence-electron chi connectivity index (χ4n) is 1.04. The van der Waals surface area contributed by atoms with Gasteiger partial charge < -0.3 is 0 Å². The van der Waals surface area contributed by atoms with Crippen molar-refractivity contribution in [3.63, 3.8) is 0 Å². The fourth-order valence-corrected chi connectivity index (χ4v) is 1.68. The average Bonchev–Trinajstić information content (AvgIpc) is 2.03. The summed E-state index contributed by atoms with van der Waals surface area (Å²) < 4.78 is 0. The largest absolute Gasteiger partial charge is 0.294 e. The highest BCUT2D eigenvalue weighted by molar-refractivity contribution is 6.35. The molecule has 13 heavy (non-hydrogen) atoms. The predicted octanol–water partition coefficient (Wildman–Crippen LogP) is 3.12. The first-order valence-corrected chi connectivity index (χ1v) is 4.56. The van der Waals surface area contributed by atoms with Crippen LogP contribution in [-0.4, -0.2) is 0 Å². The van der Waals surface area contributed by atoms with E-state index in [1.807, 2.05) is 13.8 Å². The van der Waals surface area contributed by atoms with Gasteiger partial charge in [0.05, 0.1) is 0 Å². The molecule has 0 aliphatic heterocycles. The summed E-state index contributed by atoms with van der Waals surface area (Å²) in [4.78, 5) is 4.82. The average molecular weight is 220 g/mol. The Kier molecular flexibility index (Phi) is 3.19. The van der Waals surface area contributed by atoms with Gasteiger partial charge in [0.1, 0.15) is 5.60 Å². The van der Waals surface area contributed by atoms with Crippen LogP contribution in [0.15, 0.2) is 18.2 Å². The summed E-state index contributed by atoms with van der Waals surface area (Å²) in [7, 11) is 0. The predicted molar refractivity (Wildman–Crippen MR) is 54.8 cm³/mol. The quantitative estimate of drug-likeness (QED) is 0.777. The van der Waals surface area contributed by atoms with E-state index in [4.69, 9.17) is 33.9 Å². The van der Waals surface area contributed by atoms with Gasteiger partial charge in [0.25, 0.3) is 0 Å². The lowest BCUT2D eigenvalue weighted by atomic mass is 9.98. The van der Waals surface area contributed by atoms with E-state index >= 15 is 0 Å². The van der Waals surface area contributed by atoms with E-state index < -0.39 is 5.60 Å². The van der Waals surface area contributed by atoms with Crippen LogP contribution in [0.3, 0.4) is 0 Å². The molecule has 0 amide bonds. The molecule has 0 spiro atoms. The maximum Gasteiger partial charge on any atom is 0.110 e. The number of benzene rings is 1. The summed E-state index contributed by atoms with van der Waals surface area (Å²) in [5.41, 5.74) is 0.225. The summed E-state index contributed by atoms with van der Waals surface area (Å²) in [5.74, 6) is 5.15. The van der Waals surface area contributed by atoms with Crippen LogP contribution in [0.5, 0.6) is 0 Å². The zero-order valence-electron chi connectivity index (χ0n) is 7.47. The Bertz CT molecular complexity index is 312. The van der Waals surface area contributed by atoms with Crippen molar-refractivity contribution in [2.75, 3.05) is 0 Å². The van der Waals surface area contributed by atoms with Gasteiger partial charge in [0, 0.05) is 15.6 Å². The zero-order valence-corrected chi connectivity index (χ0v) is 8.99. The minimum atomic E-state index is -0.596. The maximum absolute atomic E-state index is 5.97. The summed E-state index contributed by atoms with van der Waals surface area (Å²) >= 11 is 11.7. The smallest absolute Gasteiger partial charge is 0.110 e. The molecule has 0 aliphatic carbocycles. The molecular weight excluding hydrogens is 209 g/mol. The van der Waals surface area contributed by atoms with Crippen molar-refractivity contribution >= 4 is 23.2 Å². The van der Waals surface area contributed by atoms with Crippen LogP contribution in [0, 0.1) is 0 Å². The van der Waals surface area contributed by atoms with Gasteiger partial charge in [-0.25, -0.2) is 5.90 Å². The Morgan fingerprint density at radius 1 is 1.31 bits per heavy atom. The molecule has 0 radical (unpaired) electrons. The normalized spacial score (nSPS) is 11.8. The van der Waals surface area contributed by atoms with Gasteiger partial charge in [0.2, 0.25) is 0 Å².